The number of Topliss-reactive ketones (excluding diaryl/α,β-unsaturated/α-hetero) is 4. The second-order valence-corrected chi connectivity index (χ2v) is 14.1. The van der Waals surface area contributed by atoms with Crippen LogP contribution in [0.5, 0.6) is 0 Å². The largest absolute Gasteiger partial charge is 0.288 e. The Bertz CT molecular complexity index is 1810. The maximum absolute atomic E-state index is 13.4. The summed E-state index contributed by atoms with van der Waals surface area (Å²) in [5, 5.41) is -0.769. The SMILES string of the molecule is CC1(C)CC(/C=C/C=C/CC=C2C(=O)c3c(Cl)c(Cl)c(Cl)c(Cl)c3C2=O)=CC(=C2C(=O)c3c(Cl)c(Cl)c(Cl)c(Cl)c3C2=O)C1. The molecule has 0 bridgehead atoms. The maximum atomic E-state index is 13.4. The first kappa shape index (κ1) is 33.5. The minimum atomic E-state index is -0.570. The molecular formula is C32H18Cl8O4. The molecule has 0 N–H and O–H groups in total. The third-order valence-corrected chi connectivity index (χ3v) is 11.0. The first-order valence-electron chi connectivity index (χ1n) is 13.0. The number of hydrogen-bond acceptors (Lipinski definition) is 4. The van der Waals surface area contributed by atoms with E-state index in [1.165, 1.54) is 6.08 Å². The lowest BCUT2D eigenvalue weighted by Gasteiger charge is -2.31. The molecule has 0 amide bonds. The van der Waals surface area contributed by atoms with Gasteiger partial charge in [-0.1, -0.05) is 143 Å². The Morgan fingerprint density at radius 1 is 0.614 bits per heavy atom. The van der Waals surface area contributed by atoms with Crippen LogP contribution in [0.25, 0.3) is 0 Å². The van der Waals surface area contributed by atoms with E-state index < -0.39 is 23.1 Å². The average molecular weight is 750 g/mol. The summed E-state index contributed by atoms with van der Waals surface area (Å²) in [6, 6.07) is 0. The number of carbonyl (C=O) groups is 4. The van der Waals surface area contributed by atoms with Crippen molar-refractivity contribution in [3.8, 4) is 0 Å². The van der Waals surface area contributed by atoms with Gasteiger partial charge in [0.2, 0.25) is 0 Å². The fourth-order valence-corrected chi connectivity index (χ4v) is 7.61. The summed E-state index contributed by atoms with van der Waals surface area (Å²) in [4.78, 5) is 52.7. The van der Waals surface area contributed by atoms with Gasteiger partial charge in [0.05, 0.1) is 73.6 Å². The first-order valence-corrected chi connectivity index (χ1v) is 16.0. The molecule has 0 unspecified atom stereocenters. The quantitative estimate of drug-likeness (QED) is 0.103. The summed E-state index contributed by atoms with van der Waals surface area (Å²) in [5.74, 6) is -2.22. The van der Waals surface area contributed by atoms with Gasteiger partial charge in [-0.3, -0.25) is 19.2 Å². The van der Waals surface area contributed by atoms with Crippen molar-refractivity contribution in [2.45, 2.75) is 33.1 Å². The summed E-state index contributed by atoms with van der Waals surface area (Å²) in [5.41, 5.74) is 0.917. The molecule has 0 saturated carbocycles. The van der Waals surface area contributed by atoms with Gasteiger partial charge in [-0.05, 0) is 35.8 Å². The van der Waals surface area contributed by atoms with E-state index in [-0.39, 0.29) is 85.4 Å². The molecule has 0 atom stereocenters. The van der Waals surface area contributed by atoms with E-state index in [1.54, 1.807) is 18.2 Å². The minimum Gasteiger partial charge on any atom is -0.288 e. The number of allylic oxidation sites excluding steroid dienone is 10. The minimum absolute atomic E-state index is 0.00217. The smallest absolute Gasteiger partial charge is 0.199 e. The Morgan fingerprint density at radius 2 is 1.05 bits per heavy atom. The van der Waals surface area contributed by atoms with Gasteiger partial charge < -0.3 is 0 Å². The van der Waals surface area contributed by atoms with Crippen LogP contribution in [0.1, 0.15) is 74.5 Å². The van der Waals surface area contributed by atoms with E-state index in [0.717, 1.165) is 5.57 Å². The fourth-order valence-electron chi connectivity index (χ4n) is 5.57. The molecule has 226 valence electrons. The van der Waals surface area contributed by atoms with Crippen molar-refractivity contribution >= 4 is 116 Å². The predicted molar refractivity (Wildman–Crippen MR) is 179 cm³/mol. The zero-order chi connectivity index (χ0) is 32.4. The number of benzene rings is 2. The summed E-state index contributed by atoms with van der Waals surface area (Å²) < 4.78 is 0. The van der Waals surface area contributed by atoms with Crippen LogP contribution >= 0.6 is 92.8 Å². The number of fused-ring (bicyclic) bond motifs is 2. The Morgan fingerprint density at radius 3 is 1.50 bits per heavy atom. The van der Waals surface area contributed by atoms with Crippen LogP contribution in [-0.4, -0.2) is 23.1 Å². The molecule has 12 heteroatoms. The van der Waals surface area contributed by atoms with Gasteiger partial charge in [0.1, 0.15) is 0 Å². The molecule has 44 heavy (non-hydrogen) atoms. The molecule has 0 aliphatic heterocycles. The maximum Gasteiger partial charge on any atom is 0.199 e. The van der Waals surface area contributed by atoms with Crippen LogP contribution in [0.15, 0.2) is 58.7 Å². The van der Waals surface area contributed by atoms with Crippen molar-refractivity contribution in [3.63, 3.8) is 0 Å². The summed E-state index contributed by atoms with van der Waals surface area (Å²) >= 11 is 49.5. The van der Waals surface area contributed by atoms with Crippen LogP contribution in [0.4, 0.5) is 0 Å². The highest BCUT2D eigenvalue weighted by molar-refractivity contribution is 6.58. The van der Waals surface area contributed by atoms with E-state index in [4.69, 9.17) is 92.8 Å². The molecule has 0 fully saturated rings. The number of halogens is 8. The first-order chi connectivity index (χ1) is 20.6. The molecule has 2 aromatic carbocycles. The van der Waals surface area contributed by atoms with Crippen LogP contribution in [-0.2, 0) is 0 Å². The van der Waals surface area contributed by atoms with Crippen molar-refractivity contribution in [1.29, 1.82) is 0 Å². The highest BCUT2D eigenvalue weighted by Gasteiger charge is 2.42. The molecule has 3 aliphatic carbocycles. The summed E-state index contributed by atoms with van der Waals surface area (Å²) in [7, 11) is 0. The Hall–Kier alpha value is -1.86. The van der Waals surface area contributed by atoms with Crippen LogP contribution in [0, 0.1) is 5.41 Å². The number of ketones is 4. The van der Waals surface area contributed by atoms with E-state index >= 15 is 0 Å². The highest BCUT2D eigenvalue weighted by Crippen LogP contribution is 2.49. The summed E-state index contributed by atoms with van der Waals surface area (Å²) in [6.07, 6.45) is 11.9. The molecular weight excluding hydrogens is 732 g/mol. The van der Waals surface area contributed by atoms with Gasteiger partial charge in [-0.25, -0.2) is 0 Å². The lowest BCUT2D eigenvalue weighted by atomic mass is 9.73. The molecule has 0 saturated heterocycles. The van der Waals surface area contributed by atoms with E-state index in [2.05, 4.69) is 0 Å². The lowest BCUT2D eigenvalue weighted by Crippen LogP contribution is -2.19. The topological polar surface area (TPSA) is 68.3 Å². The molecule has 4 nitrogen and oxygen atoms in total. The number of hydrogen-bond donors (Lipinski definition) is 0. The van der Waals surface area contributed by atoms with Crippen molar-refractivity contribution < 1.29 is 19.2 Å². The van der Waals surface area contributed by atoms with Crippen molar-refractivity contribution in [2.24, 2.45) is 5.41 Å². The standard InChI is InChI=1S/C32H18Cl8O4/c1-32(2)10-12(9-13(11-32)15-30(43)18-19(31(15)44)23(36)27(40)26(39)22(18)35)7-5-3-4-6-8-14-28(41)16-17(29(14)42)21(34)25(38)24(37)20(16)33/h3-5,7-9H,6,10-11H2,1-2H3/b4-3+,7-5+. The Balaban J connectivity index is 1.38. The van der Waals surface area contributed by atoms with Gasteiger partial charge in [-0.2, -0.15) is 0 Å². The van der Waals surface area contributed by atoms with Crippen molar-refractivity contribution in [2.75, 3.05) is 0 Å². The van der Waals surface area contributed by atoms with E-state index in [0.29, 0.717) is 18.4 Å². The molecule has 0 spiro atoms. The molecule has 3 aliphatic rings. The van der Waals surface area contributed by atoms with Crippen molar-refractivity contribution in [1.82, 2.24) is 0 Å². The van der Waals surface area contributed by atoms with Gasteiger partial charge in [0.15, 0.2) is 23.1 Å². The van der Waals surface area contributed by atoms with E-state index in [9.17, 15) is 19.2 Å². The summed E-state index contributed by atoms with van der Waals surface area (Å²) in [6.45, 7) is 4.07. The Kier molecular flexibility index (Phi) is 9.43. The van der Waals surface area contributed by atoms with Gasteiger partial charge in [0.25, 0.3) is 0 Å². The fraction of sp³-hybridized carbons (Fsp3) is 0.188. The third kappa shape index (κ3) is 5.56. The van der Waals surface area contributed by atoms with Crippen molar-refractivity contribution in [3.05, 3.63) is 121 Å². The second-order valence-electron chi connectivity index (χ2n) is 11.1. The third-order valence-electron chi connectivity index (χ3n) is 7.43. The highest BCUT2D eigenvalue weighted by atomic mass is 35.5. The Labute approximate surface area is 292 Å². The van der Waals surface area contributed by atoms with Crippen LogP contribution in [0.2, 0.25) is 40.2 Å². The molecule has 5 rings (SSSR count). The monoisotopic (exact) mass is 746 g/mol. The zero-order valence-corrected chi connectivity index (χ0v) is 28.8. The number of carbonyl (C=O) groups excluding carboxylic acids is 4. The predicted octanol–water partition coefficient (Wildman–Crippen LogP) is 11.8. The molecule has 0 aromatic heterocycles. The average Bonchev–Trinajstić information content (AvgIpc) is 3.37. The molecule has 2 aromatic rings. The lowest BCUT2D eigenvalue weighted by molar-refractivity contribution is 0.0971. The number of rotatable bonds is 4. The van der Waals surface area contributed by atoms with Crippen LogP contribution < -0.4 is 0 Å². The van der Waals surface area contributed by atoms with Gasteiger partial charge in [-0.15, -0.1) is 0 Å². The zero-order valence-electron chi connectivity index (χ0n) is 22.7. The normalized spacial score (nSPS) is 17.9. The molecule has 0 heterocycles. The van der Waals surface area contributed by atoms with E-state index in [1.807, 2.05) is 26.0 Å². The second kappa shape index (κ2) is 12.4. The molecule has 0 radical (unpaired) electrons. The van der Waals surface area contributed by atoms with Gasteiger partial charge in [0, 0.05) is 0 Å². The van der Waals surface area contributed by atoms with Crippen LogP contribution in [0.3, 0.4) is 0 Å². The van der Waals surface area contributed by atoms with Gasteiger partial charge >= 0.3 is 0 Å².